The molecule has 15 heteroatoms. The van der Waals surface area contributed by atoms with Crippen molar-refractivity contribution < 1.29 is 33.8 Å². The van der Waals surface area contributed by atoms with E-state index in [-0.39, 0.29) is 49.6 Å². The highest BCUT2D eigenvalue weighted by atomic mass is 16.5. The van der Waals surface area contributed by atoms with Gasteiger partial charge in [0.25, 0.3) is 5.91 Å². The van der Waals surface area contributed by atoms with Crippen molar-refractivity contribution in [1.29, 1.82) is 0 Å². The van der Waals surface area contributed by atoms with Gasteiger partial charge < -0.3 is 34.4 Å². The number of likely N-dealkylation sites (N-methyl/N-ethyl adjacent to an activating group) is 1. The number of nitrogens with zero attached hydrogens (tertiary/aromatic N) is 6. The number of ether oxygens (including phenoxy) is 1. The molecule has 0 aliphatic carbocycles. The monoisotopic (exact) mass is 903 g/mol. The molecular weight excluding hydrogens is 837 g/mol. The van der Waals surface area contributed by atoms with Crippen LogP contribution in [0.2, 0.25) is 0 Å². The predicted molar refractivity (Wildman–Crippen MR) is 254 cm³/mol. The van der Waals surface area contributed by atoms with Gasteiger partial charge in [-0.05, 0) is 117 Å². The number of fused-ring (bicyclic) bond motifs is 6. The molecular formula is C51H66N8O7. The first kappa shape index (κ1) is 47.9. The molecule has 7 rings (SSSR count). The van der Waals surface area contributed by atoms with Crippen LogP contribution in [-0.4, -0.2) is 129 Å². The number of pyridine rings is 1. The number of cyclic esters (lactones) is 1. The number of hydrogen-bond acceptors (Lipinski definition) is 10. The van der Waals surface area contributed by atoms with Gasteiger partial charge in [-0.3, -0.25) is 34.0 Å². The summed E-state index contributed by atoms with van der Waals surface area (Å²) in [5, 5.41) is 16.7. The van der Waals surface area contributed by atoms with Crippen molar-refractivity contribution in [3.05, 3.63) is 84.2 Å². The van der Waals surface area contributed by atoms with Crippen LogP contribution < -0.4 is 10.7 Å². The molecule has 4 atom stereocenters. The number of amides is 4. The number of phenolic OH excluding ortho intramolecular Hbond substituents is 1. The number of benzene rings is 2. The molecule has 2 fully saturated rings. The summed E-state index contributed by atoms with van der Waals surface area (Å²) >= 11 is 0. The highest BCUT2D eigenvalue weighted by Gasteiger charge is 2.40. The maximum Gasteiger partial charge on any atom is 0.324 e. The number of carbonyl (C=O) groups excluding carboxylic acids is 5. The number of aromatic nitrogens is 2. The van der Waals surface area contributed by atoms with Crippen molar-refractivity contribution in [2.24, 2.45) is 17.3 Å². The fourth-order valence-electron chi connectivity index (χ4n) is 9.92. The van der Waals surface area contributed by atoms with Gasteiger partial charge in [-0.2, -0.15) is 0 Å². The first-order chi connectivity index (χ1) is 31.4. The van der Waals surface area contributed by atoms with E-state index >= 15 is 0 Å². The lowest BCUT2D eigenvalue weighted by Crippen LogP contribution is -2.62. The van der Waals surface area contributed by atoms with Crippen molar-refractivity contribution in [2.75, 3.05) is 47.4 Å². The molecule has 4 amide bonds. The highest BCUT2D eigenvalue weighted by Crippen LogP contribution is 2.40. The number of aryl methyl sites for hydroxylation is 1. The number of hydrazine groups is 1. The molecule has 3 N–H and O–H groups in total. The van der Waals surface area contributed by atoms with Gasteiger partial charge >= 0.3 is 5.97 Å². The summed E-state index contributed by atoms with van der Waals surface area (Å²) in [6.07, 6.45) is 5.15. The molecule has 2 aromatic heterocycles. The Morgan fingerprint density at radius 1 is 1.03 bits per heavy atom. The summed E-state index contributed by atoms with van der Waals surface area (Å²) in [5.74, 6) is -2.82. The number of phenols is 1. The minimum Gasteiger partial charge on any atom is -0.508 e. The van der Waals surface area contributed by atoms with Crippen LogP contribution in [0.3, 0.4) is 0 Å². The maximum atomic E-state index is 14.7. The van der Waals surface area contributed by atoms with Crippen LogP contribution in [0.4, 0.5) is 0 Å². The third-order valence-electron chi connectivity index (χ3n) is 13.1. The Labute approximate surface area is 388 Å². The molecule has 2 aromatic carbocycles. The smallest absolute Gasteiger partial charge is 0.324 e. The van der Waals surface area contributed by atoms with Crippen LogP contribution in [0.25, 0.3) is 33.3 Å². The Morgan fingerprint density at radius 3 is 2.47 bits per heavy atom. The quantitative estimate of drug-likeness (QED) is 0.140. The molecule has 5 heterocycles. The SMILES string of the molecule is C=CC(=O)N1CC[C@H](C(=O)N(C)[C@H](C(=O)N[C@H]2Cc3cc(O)cc(c3)-c3ccc4c(c3)c(c(-c3ccc(CN(C)C)nc3)n4CC)CC(C)(C)COC(=O)[C@@H]3CCCN(N3)C2=O)C(C)C)C1. The Kier molecular flexibility index (Phi) is 14.4. The van der Waals surface area contributed by atoms with Crippen LogP contribution in [0.1, 0.15) is 70.7 Å². The van der Waals surface area contributed by atoms with E-state index in [1.54, 1.807) is 24.1 Å². The molecule has 15 nitrogen and oxygen atoms in total. The lowest BCUT2D eigenvalue weighted by atomic mass is 9.84. The topological polar surface area (TPSA) is 170 Å². The zero-order valence-electron chi connectivity index (χ0n) is 39.7. The van der Waals surface area contributed by atoms with Crippen molar-refractivity contribution in [3.8, 4) is 28.1 Å². The average molecular weight is 903 g/mol. The van der Waals surface area contributed by atoms with Crippen LogP contribution in [-0.2, 0) is 54.6 Å². The van der Waals surface area contributed by atoms with Gasteiger partial charge in [0.05, 0.1) is 23.9 Å². The number of hydrogen-bond donors (Lipinski definition) is 3. The summed E-state index contributed by atoms with van der Waals surface area (Å²) in [6.45, 7) is 16.0. The van der Waals surface area contributed by atoms with E-state index in [0.717, 1.165) is 44.5 Å². The minimum atomic E-state index is -1.16. The van der Waals surface area contributed by atoms with Gasteiger partial charge in [0.1, 0.15) is 23.9 Å². The number of aromatic hydroxyl groups is 1. The summed E-state index contributed by atoms with van der Waals surface area (Å²) in [6, 6.07) is 12.8. The number of esters is 1. The third-order valence-corrected chi connectivity index (χ3v) is 13.1. The van der Waals surface area contributed by atoms with E-state index < -0.39 is 47.2 Å². The van der Waals surface area contributed by atoms with Crippen molar-refractivity contribution in [1.82, 2.24) is 40.0 Å². The van der Waals surface area contributed by atoms with Gasteiger partial charge in [-0.25, -0.2) is 5.43 Å². The Morgan fingerprint density at radius 2 is 1.79 bits per heavy atom. The normalized spacial score (nSPS) is 20.5. The Hall–Kier alpha value is -6.06. The van der Waals surface area contributed by atoms with E-state index in [1.807, 2.05) is 46.3 Å². The summed E-state index contributed by atoms with van der Waals surface area (Å²) < 4.78 is 8.40. The molecule has 0 spiro atoms. The van der Waals surface area contributed by atoms with Gasteiger partial charge in [0, 0.05) is 74.3 Å². The second-order valence-electron chi connectivity index (χ2n) is 19.6. The molecule has 3 aliphatic heterocycles. The Balaban J connectivity index is 1.29. The fraction of sp³-hybridized carbons (Fsp3) is 0.490. The first-order valence-electron chi connectivity index (χ1n) is 23.2. The predicted octanol–water partition coefficient (Wildman–Crippen LogP) is 5.32. The van der Waals surface area contributed by atoms with Gasteiger partial charge in [-0.1, -0.05) is 46.4 Å². The maximum absolute atomic E-state index is 14.7. The average Bonchev–Trinajstić information content (AvgIpc) is 3.90. The zero-order chi connectivity index (χ0) is 47.6. The molecule has 0 unspecified atom stereocenters. The molecule has 4 aromatic rings. The second-order valence-corrected chi connectivity index (χ2v) is 19.6. The van der Waals surface area contributed by atoms with Crippen molar-refractivity contribution >= 4 is 40.5 Å². The van der Waals surface area contributed by atoms with Crippen LogP contribution >= 0.6 is 0 Å². The lowest BCUT2D eigenvalue weighted by molar-refractivity contribution is -0.155. The third kappa shape index (κ3) is 10.3. The van der Waals surface area contributed by atoms with E-state index in [4.69, 9.17) is 9.72 Å². The summed E-state index contributed by atoms with van der Waals surface area (Å²) in [5.41, 5.74) is 9.88. The number of nitrogens with one attached hydrogen (secondary N) is 2. The van der Waals surface area contributed by atoms with Crippen molar-refractivity contribution in [3.63, 3.8) is 0 Å². The summed E-state index contributed by atoms with van der Waals surface area (Å²) in [4.78, 5) is 79.2. The van der Waals surface area contributed by atoms with Gasteiger partial charge in [-0.15, -0.1) is 0 Å². The van der Waals surface area contributed by atoms with E-state index in [0.29, 0.717) is 50.9 Å². The first-order valence-corrected chi connectivity index (χ1v) is 23.2. The molecule has 0 radical (unpaired) electrons. The van der Waals surface area contributed by atoms with Crippen LogP contribution in [0, 0.1) is 17.3 Å². The van der Waals surface area contributed by atoms with Crippen molar-refractivity contribution in [2.45, 2.75) is 97.9 Å². The molecule has 66 heavy (non-hydrogen) atoms. The largest absolute Gasteiger partial charge is 0.508 e. The molecule has 352 valence electrons. The van der Waals surface area contributed by atoms with Gasteiger partial charge in [0.2, 0.25) is 17.7 Å². The van der Waals surface area contributed by atoms with E-state index in [9.17, 15) is 29.1 Å². The van der Waals surface area contributed by atoms with Gasteiger partial charge in [0.15, 0.2) is 0 Å². The number of rotatable bonds is 10. The van der Waals surface area contributed by atoms with E-state index in [2.05, 4.69) is 71.8 Å². The molecule has 3 aliphatic rings. The fourth-order valence-corrected chi connectivity index (χ4v) is 9.92. The molecule has 6 bridgehead atoms. The lowest BCUT2D eigenvalue weighted by Gasteiger charge is -2.37. The molecule has 0 saturated carbocycles. The van der Waals surface area contributed by atoms with E-state index in [1.165, 1.54) is 16.0 Å². The number of likely N-dealkylation sites (tertiary alicyclic amines) is 1. The Bertz CT molecular complexity index is 2490. The van der Waals surface area contributed by atoms with Crippen LogP contribution in [0.5, 0.6) is 5.75 Å². The van der Waals surface area contributed by atoms with Crippen LogP contribution in [0.15, 0.2) is 67.4 Å². The second kappa shape index (κ2) is 19.8. The standard InChI is InChI=1S/C51H66N8O7/c1-10-44(61)57-20-18-35(28-57)48(63)56(9)45(31(3)4)47(62)53-42-23-32-21-36(24-38(60)22-32)33-15-17-43-39(25-33)40(46(58(43)11-2)34-14-16-37(52-27-34)29-55(7)8)26-51(5,6)30-66-50(65)41-13-12-19-59(54-41)49(42)64/h10,14-17,21-22,24-25,27,31,35,41-42,45,54,60H,1,11-13,18-20,23,26,28-30H2,2-9H3,(H,53,62)/t35-,41-,42-,45-/m0/s1. The minimum absolute atomic E-state index is 0.00213. The summed E-state index contributed by atoms with van der Waals surface area (Å²) in [7, 11) is 5.62. The highest BCUT2D eigenvalue weighted by molar-refractivity contribution is 5.96. The zero-order valence-corrected chi connectivity index (χ0v) is 39.7. The molecule has 2 saturated heterocycles. The number of carbonyl (C=O) groups is 5.